The van der Waals surface area contributed by atoms with Gasteiger partial charge in [0.15, 0.2) is 5.96 Å². The number of benzene rings is 1. The van der Waals surface area contributed by atoms with E-state index in [0.717, 1.165) is 19.0 Å². The summed E-state index contributed by atoms with van der Waals surface area (Å²) in [5, 5.41) is 27.0. The highest BCUT2D eigenvalue weighted by Crippen LogP contribution is 2.23. The lowest BCUT2D eigenvalue weighted by molar-refractivity contribution is -0.136. The molecule has 0 saturated carbocycles. The third-order valence-corrected chi connectivity index (χ3v) is 3.18. The summed E-state index contributed by atoms with van der Waals surface area (Å²) in [4.78, 5) is 26.4. The summed E-state index contributed by atoms with van der Waals surface area (Å²) in [6.45, 7) is 2.49. The van der Waals surface area contributed by atoms with E-state index in [1.165, 1.54) is 12.1 Å². The lowest BCUT2D eigenvalue weighted by atomic mass is 10.1. The van der Waals surface area contributed by atoms with Crippen LogP contribution in [0.4, 0.5) is 0 Å². The highest BCUT2D eigenvalue weighted by Gasteiger charge is 2.12. The molecule has 130 valence electrons. The van der Waals surface area contributed by atoms with E-state index in [1.807, 2.05) is 0 Å². The van der Waals surface area contributed by atoms with Crippen molar-refractivity contribution >= 4 is 17.8 Å². The van der Waals surface area contributed by atoms with Crippen LogP contribution < -0.4 is 20.7 Å². The number of rotatable bonds is 8. The van der Waals surface area contributed by atoms with Gasteiger partial charge in [-0.25, -0.2) is 0 Å². The molecule has 0 aliphatic carbocycles. The fraction of sp³-hybridized carbons (Fsp3) is 0.400. The molecule has 0 radical (unpaired) electrons. The largest absolute Gasteiger partial charge is 0.507 e. The van der Waals surface area contributed by atoms with Crippen molar-refractivity contribution in [2.45, 2.75) is 6.42 Å². The molecule has 1 aliphatic rings. The van der Waals surface area contributed by atoms with Gasteiger partial charge < -0.3 is 30.9 Å². The molecule has 9 heteroatoms. The van der Waals surface area contributed by atoms with Crippen molar-refractivity contribution in [3.05, 3.63) is 23.8 Å². The number of carbonyl (C=O) groups is 2. The Morgan fingerprint density at radius 2 is 2.17 bits per heavy atom. The van der Waals surface area contributed by atoms with Crippen LogP contribution >= 0.6 is 0 Å². The predicted molar refractivity (Wildman–Crippen MR) is 86.5 cm³/mol. The number of carbonyl (C=O) groups excluding carboxylic acids is 1. The van der Waals surface area contributed by atoms with Gasteiger partial charge in [-0.15, -0.1) is 0 Å². The molecule has 0 bridgehead atoms. The van der Waals surface area contributed by atoms with E-state index in [-0.39, 0.29) is 24.3 Å². The Bertz CT molecular complexity index is 632. The zero-order valence-corrected chi connectivity index (χ0v) is 13.0. The van der Waals surface area contributed by atoms with Gasteiger partial charge in [0.1, 0.15) is 18.1 Å². The van der Waals surface area contributed by atoms with Gasteiger partial charge in [0.05, 0.1) is 25.1 Å². The molecule has 24 heavy (non-hydrogen) atoms. The zero-order chi connectivity index (χ0) is 17.4. The number of amides is 1. The second kappa shape index (κ2) is 8.61. The number of aliphatic carboxylic acids is 1. The number of phenolic OH excluding ortho intramolecular Hbond substituents is 1. The molecule has 0 aromatic heterocycles. The number of hydrogen-bond donors (Lipinski definition) is 5. The monoisotopic (exact) mass is 336 g/mol. The number of ether oxygens (including phenoxy) is 1. The minimum Gasteiger partial charge on any atom is -0.507 e. The molecular weight excluding hydrogens is 316 g/mol. The summed E-state index contributed by atoms with van der Waals surface area (Å²) in [5.41, 5.74) is 0.0652. The summed E-state index contributed by atoms with van der Waals surface area (Å²) in [5.74, 6) is -0.592. The van der Waals surface area contributed by atoms with Gasteiger partial charge in [-0.05, 0) is 12.1 Å². The van der Waals surface area contributed by atoms with Gasteiger partial charge in [-0.1, -0.05) is 0 Å². The van der Waals surface area contributed by atoms with Crippen molar-refractivity contribution in [3.8, 4) is 11.5 Å². The average Bonchev–Trinajstić information content (AvgIpc) is 3.04. The number of hydrogen-bond acceptors (Lipinski definition) is 7. The number of phenols is 1. The molecule has 0 fully saturated rings. The van der Waals surface area contributed by atoms with Crippen molar-refractivity contribution in [1.29, 1.82) is 0 Å². The van der Waals surface area contributed by atoms with Gasteiger partial charge in [-0.3, -0.25) is 14.6 Å². The van der Waals surface area contributed by atoms with Gasteiger partial charge in [0.25, 0.3) is 5.91 Å². The van der Waals surface area contributed by atoms with Crippen LogP contribution in [0.2, 0.25) is 0 Å². The summed E-state index contributed by atoms with van der Waals surface area (Å²) >= 11 is 0. The van der Waals surface area contributed by atoms with Crippen LogP contribution in [0.3, 0.4) is 0 Å². The Morgan fingerprint density at radius 3 is 2.83 bits per heavy atom. The third kappa shape index (κ3) is 5.34. The van der Waals surface area contributed by atoms with E-state index in [9.17, 15) is 14.7 Å². The first-order valence-electron chi connectivity index (χ1n) is 7.54. The summed E-state index contributed by atoms with van der Waals surface area (Å²) < 4.78 is 5.48. The maximum atomic E-state index is 11.8. The van der Waals surface area contributed by atoms with Crippen LogP contribution in [-0.2, 0) is 4.79 Å². The zero-order valence-electron chi connectivity index (χ0n) is 13.0. The highest BCUT2D eigenvalue weighted by molar-refractivity contribution is 5.97. The van der Waals surface area contributed by atoms with E-state index in [1.54, 1.807) is 6.07 Å². The molecule has 0 saturated heterocycles. The van der Waals surface area contributed by atoms with Crippen molar-refractivity contribution in [3.63, 3.8) is 0 Å². The second-order valence-electron chi connectivity index (χ2n) is 5.01. The van der Waals surface area contributed by atoms with Gasteiger partial charge in [-0.2, -0.15) is 0 Å². The molecular formula is C15H20N4O5. The molecule has 1 aromatic carbocycles. The van der Waals surface area contributed by atoms with E-state index in [4.69, 9.17) is 9.84 Å². The van der Waals surface area contributed by atoms with Crippen molar-refractivity contribution in [2.24, 2.45) is 4.99 Å². The molecule has 0 unspecified atom stereocenters. The summed E-state index contributed by atoms with van der Waals surface area (Å²) in [7, 11) is 0. The quantitative estimate of drug-likeness (QED) is 0.405. The first-order valence-corrected chi connectivity index (χ1v) is 7.54. The third-order valence-electron chi connectivity index (χ3n) is 3.18. The Labute approximate surface area is 138 Å². The van der Waals surface area contributed by atoms with Crippen LogP contribution in [0, 0.1) is 0 Å². The molecule has 1 aromatic rings. The lowest BCUT2D eigenvalue weighted by Gasteiger charge is -2.10. The number of guanidine groups is 1. The van der Waals surface area contributed by atoms with E-state index < -0.39 is 11.9 Å². The lowest BCUT2D eigenvalue weighted by Crippen LogP contribution is -2.36. The smallest absolute Gasteiger partial charge is 0.305 e. The predicted octanol–water partition coefficient (Wildman–Crippen LogP) is -0.476. The fourth-order valence-electron chi connectivity index (χ4n) is 2.03. The topological polar surface area (TPSA) is 132 Å². The van der Waals surface area contributed by atoms with Gasteiger partial charge in [0.2, 0.25) is 0 Å². The maximum absolute atomic E-state index is 11.8. The molecule has 0 spiro atoms. The van der Waals surface area contributed by atoms with Crippen LogP contribution in [0.1, 0.15) is 16.8 Å². The number of aliphatic imine (C=N–C) groups is 1. The van der Waals surface area contributed by atoms with Crippen LogP contribution in [0.25, 0.3) is 0 Å². The van der Waals surface area contributed by atoms with E-state index in [0.29, 0.717) is 18.9 Å². The minimum absolute atomic E-state index is 0.00451. The molecule has 0 atom stereocenters. The van der Waals surface area contributed by atoms with E-state index in [2.05, 4.69) is 20.9 Å². The van der Waals surface area contributed by atoms with Crippen molar-refractivity contribution in [2.75, 3.05) is 32.8 Å². The Kier molecular flexibility index (Phi) is 6.23. The molecule has 2 rings (SSSR count). The number of carboxylic acid groups (broad SMARTS) is 1. The van der Waals surface area contributed by atoms with Gasteiger partial charge in [0, 0.05) is 19.2 Å². The normalized spacial score (nSPS) is 12.9. The second-order valence-corrected chi connectivity index (χ2v) is 5.01. The van der Waals surface area contributed by atoms with Crippen LogP contribution in [0.15, 0.2) is 23.2 Å². The SMILES string of the molecule is O=C(O)CCNC(=O)c1ccc(OCCNC2=NCCN2)cc1O. The van der Waals surface area contributed by atoms with Gasteiger partial charge >= 0.3 is 5.97 Å². The highest BCUT2D eigenvalue weighted by atomic mass is 16.5. The molecule has 5 N–H and O–H groups in total. The van der Waals surface area contributed by atoms with Crippen molar-refractivity contribution < 1.29 is 24.5 Å². The maximum Gasteiger partial charge on any atom is 0.305 e. The average molecular weight is 336 g/mol. The fourth-order valence-corrected chi connectivity index (χ4v) is 2.03. The Hall–Kier alpha value is -2.97. The number of nitrogens with one attached hydrogen (secondary N) is 3. The number of carboxylic acids is 1. The standard InChI is InChI=1S/C15H20N4O5/c20-12-9-10(24-8-7-19-15-17-5-6-18-15)1-2-11(12)14(23)16-4-3-13(21)22/h1-2,9,20H,3-8H2,(H,16,23)(H,21,22)(H2,17,18,19). The first kappa shape index (κ1) is 17.4. The van der Waals surface area contributed by atoms with Crippen LogP contribution in [-0.4, -0.2) is 60.8 Å². The summed E-state index contributed by atoms with van der Waals surface area (Å²) in [6, 6.07) is 4.34. The molecule has 1 aliphatic heterocycles. The Morgan fingerprint density at radius 1 is 1.33 bits per heavy atom. The molecule has 1 heterocycles. The summed E-state index contributed by atoms with van der Waals surface area (Å²) in [6.07, 6.45) is -0.180. The van der Waals surface area contributed by atoms with Crippen LogP contribution in [0.5, 0.6) is 11.5 Å². The minimum atomic E-state index is -1.00. The Balaban J connectivity index is 1.78. The molecule has 1 amide bonds. The number of nitrogens with zero attached hydrogens (tertiary/aromatic N) is 1. The van der Waals surface area contributed by atoms with E-state index >= 15 is 0 Å². The number of aromatic hydroxyl groups is 1. The molecule has 9 nitrogen and oxygen atoms in total. The van der Waals surface area contributed by atoms with Crippen molar-refractivity contribution in [1.82, 2.24) is 16.0 Å². The first-order chi connectivity index (χ1) is 11.6.